The van der Waals surface area contributed by atoms with Gasteiger partial charge in [-0.1, -0.05) is 11.6 Å². The van der Waals surface area contributed by atoms with E-state index in [1.54, 1.807) is 32.4 Å². The number of carbonyl (C=O) groups is 1. The summed E-state index contributed by atoms with van der Waals surface area (Å²) in [4.78, 5) is 11.5. The molecule has 6 heteroatoms. The molecule has 0 fully saturated rings. The molecule has 0 saturated heterocycles. The van der Waals surface area contributed by atoms with E-state index in [0.29, 0.717) is 37.0 Å². The molecule has 5 nitrogen and oxygen atoms in total. The second-order valence-corrected chi connectivity index (χ2v) is 4.21. The Morgan fingerprint density at radius 2 is 2.11 bits per heavy atom. The number of benzene rings is 1. The van der Waals surface area contributed by atoms with Crippen LogP contribution < -0.4 is 10.6 Å². The predicted octanol–water partition coefficient (Wildman–Crippen LogP) is 1.77. The van der Waals surface area contributed by atoms with Gasteiger partial charge in [0.05, 0.1) is 30.5 Å². The van der Waals surface area contributed by atoms with Gasteiger partial charge >= 0.3 is 0 Å². The maximum atomic E-state index is 11.5. The van der Waals surface area contributed by atoms with Crippen LogP contribution in [0.1, 0.15) is 10.4 Å². The van der Waals surface area contributed by atoms with E-state index in [0.717, 1.165) is 5.69 Å². The first-order chi connectivity index (χ1) is 9.19. The smallest absolute Gasteiger partial charge is 0.251 e. The van der Waals surface area contributed by atoms with Gasteiger partial charge in [-0.25, -0.2) is 0 Å². The van der Waals surface area contributed by atoms with E-state index in [9.17, 15) is 4.79 Å². The zero-order chi connectivity index (χ0) is 14.1. The number of nitrogens with one attached hydrogen (secondary N) is 2. The third kappa shape index (κ3) is 5.46. The summed E-state index contributed by atoms with van der Waals surface area (Å²) >= 11 is 6.05. The minimum atomic E-state index is -0.143. The molecule has 2 N–H and O–H groups in total. The Kier molecular flexibility index (Phi) is 7.25. The van der Waals surface area contributed by atoms with E-state index in [-0.39, 0.29) is 5.91 Å². The Bertz CT molecular complexity index is 413. The summed E-state index contributed by atoms with van der Waals surface area (Å²) < 4.78 is 10.2. The average molecular weight is 287 g/mol. The summed E-state index contributed by atoms with van der Waals surface area (Å²) in [5.41, 5.74) is 1.29. The number of amides is 1. The van der Waals surface area contributed by atoms with Crippen molar-refractivity contribution in [3.05, 3.63) is 28.8 Å². The predicted molar refractivity (Wildman–Crippen MR) is 76.0 cm³/mol. The van der Waals surface area contributed by atoms with Gasteiger partial charge < -0.3 is 20.1 Å². The fourth-order valence-corrected chi connectivity index (χ4v) is 1.63. The molecule has 19 heavy (non-hydrogen) atoms. The molecule has 0 atom stereocenters. The molecule has 0 saturated carbocycles. The lowest BCUT2D eigenvalue weighted by molar-refractivity contribution is 0.0759. The van der Waals surface area contributed by atoms with E-state index >= 15 is 0 Å². The van der Waals surface area contributed by atoms with Gasteiger partial charge in [0, 0.05) is 26.3 Å². The summed E-state index contributed by atoms with van der Waals surface area (Å²) in [6, 6.07) is 5.10. The minimum absolute atomic E-state index is 0.143. The fourth-order valence-electron chi connectivity index (χ4n) is 1.45. The molecule has 0 heterocycles. The Morgan fingerprint density at radius 1 is 1.32 bits per heavy atom. The molecular formula is C13H19ClN2O3. The molecule has 0 aliphatic rings. The van der Waals surface area contributed by atoms with Crippen LogP contribution in [0.5, 0.6) is 0 Å². The molecule has 0 spiro atoms. The number of halogens is 1. The quantitative estimate of drug-likeness (QED) is 0.715. The highest BCUT2D eigenvalue weighted by Gasteiger charge is 2.06. The van der Waals surface area contributed by atoms with Crippen LogP contribution >= 0.6 is 11.6 Å². The second-order valence-electron chi connectivity index (χ2n) is 3.81. The van der Waals surface area contributed by atoms with Gasteiger partial charge in [-0.05, 0) is 18.2 Å². The van der Waals surface area contributed by atoms with E-state index < -0.39 is 0 Å². The summed E-state index contributed by atoms with van der Waals surface area (Å²) in [6.45, 7) is 2.29. The Hall–Kier alpha value is -1.30. The van der Waals surface area contributed by atoms with E-state index in [4.69, 9.17) is 21.1 Å². The van der Waals surface area contributed by atoms with Crippen molar-refractivity contribution in [2.24, 2.45) is 0 Å². The topological polar surface area (TPSA) is 59.6 Å². The Labute approximate surface area is 118 Å². The number of methoxy groups -OCH3 is 1. The number of carbonyl (C=O) groups excluding carboxylic acids is 1. The monoisotopic (exact) mass is 286 g/mol. The van der Waals surface area contributed by atoms with Crippen molar-refractivity contribution in [1.29, 1.82) is 0 Å². The van der Waals surface area contributed by atoms with Gasteiger partial charge in [0.1, 0.15) is 0 Å². The van der Waals surface area contributed by atoms with Crippen LogP contribution in [0.3, 0.4) is 0 Å². The zero-order valence-corrected chi connectivity index (χ0v) is 11.9. The van der Waals surface area contributed by atoms with Gasteiger partial charge in [0.15, 0.2) is 0 Å². The van der Waals surface area contributed by atoms with Crippen LogP contribution in [0.15, 0.2) is 18.2 Å². The molecule has 1 aromatic carbocycles. The third-order valence-corrected chi connectivity index (χ3v) is 2.78. The number of hydrogen-bond donors (Lipinski definition) is 2. The van der Waals surface area contributed by atoms with Crippen LogP contribution in [-0.4, -0.2) is 46.4 Å². The van der Waals surface area contributed by atoms with Gasteiger partial charge in [-0.3, -0.25) is 4.79 Å². The Balaban J connectivity index is 2.46. The van der Waals surface area contributed by atoms with Crippen molar-refractivity contribution >= 4 is 23.2 Å². The van der Waals surface area contributed by atoms with Crippen LogP contribution in [0.4, 0.5) is 5.69 Å². The third-order valence-electron chi connectivity index (χ3n) is 2.45. The molecule has 0 bridgehead atoms. The Morgan fingerprint density at radius 3 is 2.79 bits per heavy atom. The highest BCUT2D eigenvalue weighted by molar-refractivity contribution is 6.33. The van der Waals surface area contributed by atoms with Crippen LogP contribution in [-0.2, 0) is 9.47 Å². The average Bonchev–Trinajstić information content (AvgIpc) is 2.43. The first-order valence-electron chi connectivity index (χ1n) is 6.01. The van der Waals surface area contributed by atoms with Gasteiger partial charge in [-0.2, -0.15) is 0 Å². The standard InChI is InChI=1S/C13H19ClN2O3/c1-15-13(17)10-3-4-11(14)12(9-10)16-5-6-19-8-7-18-2/h3-4,9,16H,5-8H2,1-2H3,(H,15,17). The second kappa shape index (κ2) is 8.74. The van der Waals surface area contributed by atoms with Crippen molar-refractivity contribution in [1.82, 2.24) is 5.32 Å². The summed E-state index contributed by atoms with van der Waals surface area (Å²) in [6.07, 6.45) is 0. The first-order valence-corrected chi connectivity index (χ1v) is 6.39. The molecule has 0 aliphatic heterocycles. The molecule has 1 aromatic rings. The van der Waals surface area contributed by atoms with Crippen molar-refractivity contribution in [3.8, 4) is 0 Å². The van der Waals surface area contributed by atoms with Crippen LogP contribution in [0, 0.1) is 0 Å². The maximum Gasteiger partial charge on any atom is 0.251 e. The molecule has 0 aliphatic carbocycles. The van der Waals surface area contributed by atoms with Gasteiger partial charge in [0.25, 0.3) is 5.91 Å². The lowest BCUT2D eigenvalue weighted by Crippen LogP contribution is -2.18. The van der Waals surface area contributed by atoms with Crippen LogP contribution in [0.25, 0.3) is 0 Å². The first kappa shape index (κ1) is 15.8. The number of anilines is 1. The van der Waals surface area contributed by atoms with Crippen molar-refractivity contribution < 1.29 is 14.3 Å². The van der Waals surface area contributed by atoms with E-state index in [1.165, 1.54) is 0 Å². The fraction of sp³-hybridized carbons (Fsp3) is 0.462. The normalized spacial score (nSPS) is 10.3. The zero-order valence-electron chi connectivity index (χ0n) is 11.2. The molecule has 0 radical (unpaired) electrons. The molecule has 0 aromatic heterocycles. The molecule has 1 amide bonds. The van der Waals surface area contributed by atoms with Gasteiger partial charge in [-0.15, -0.1) is 0 Å². The van der Waals surface area contributed by atoms with Crippen molar-refractivity contribution in [2.45, 2.75) is 0 Å². The number of rotatable bonds is 8. The lowest BCUT2D eigenvalue weighted by Gasteiger charge is -2.10. The van der Waals surface area contributed by atoms with Crippen LogP contribution in [0.2, 0.25) is 5.02 Å². The summed E-state index contributed by atoms with van der Waals surface area (Å²) in [5, 5.41) is 6.28. The molecule has 106 valence electrons. The number of hydrogen-bond acceptors (Lipinski definition) is 4. The molecular weight excluding hydrogens is 268 g/mol. The lowest BCUT2D eigenvalue weighted by atomic mass is 10.2. The summed E-state index contributed by atoms with van der Waals surface area (Å²) in [7, 11) is 3.22. The SMILES string of the molecule is CNC(=O)c1ccc(Cl)c(NCCOCCOC)c1. The number of ether oxygens (including phenoxy) is 2. The summed E-state index contributed by atoms with van der Waals surface area (Å²) in [5.74, 6) is -0.143. The van der Waals surface area contributed by atoms with Crippen molar-refractivity contribution in [2.75, 3.05) is 45.8 Å². The highest BCUT2D eigenvalue weighted by Crippen LogP contribution is 2.22. The minimum Gasteiger partial charge on any atom is -0.382 e. The maximum absolute atomic E-state index is 11.5. The molecule has 0 unspecified atom stereocenters. The van der Waals surface area contributed by atoms with Crippen molar-refractivity contribution in [3.63, 3.8) is 0 Å². The highest BCUT2D eigenvalue weighted by atomic mass is 35.5. The van der Waals surface area contributed by atoms with E-state index in [2.05, 4.69) is 10.6 Å². The van der Waals surface area contributed by atoms with E-state index in [1.807, 2.05) is 0 Å². The van der Waals surface area contributed by atoms with Gasteiger partial charge in [0.2, 0.25) is 0 Å². The molecule has 1 rings (SSSR count). The largest absolute Gasteiger partial charge is 0.382 e.